The molecule has 0 spiro atoms. The van der Waals surface area contributed by atoms with Crippen LogP contribution in [0.1, 0.15) is 28.5 Å². The number of rotatable bonds is 2. The Labute approximate surface area is 153 Å². The van der Waals surface area contributed by atoms with Gasteiger partial charge in [0.15, 0.2) is 11.5 Å². The van der Waals surface area contributed by atoms with E-state index in [1.165, 1.54) is 0 Å². The molecule has 4 aromatic rings. The van der Waals surface area contributed by atoms with Gasteiger partial charge in [-0.1, -0.05) is 0 Å². The first kappa shape index (κ1) is 15.7. The predicted octanol–water partition coefficient (Wildman–Crippen LogP) is 3.04. The van der Waals surface area contributed by atoms with Gasteiger partial charge in [-0.25, -0.2) is 9.97 Å². The van der Waals surface area contributed by atoms with Crippen LogP contribution >= 0.6 is 0 Å². The number of carbonyl (C=O) groups excluding carboxylic acids is 1. The lowest BCUT2D eigenvalue weighted by atomic mass is 10.1. The van der Waals surface area contributed by atoms with Crippen LogP contribution in [0, 0.1) is 6.92 Å². The first-order valence-corrected chi connectivity index (χ1v) is 8.80. The minimum atomic E-state index is -0.265. The third-order valence-electron chi connectivity index (χ3n) is 4.83. The Morgan fingerprint density at radius 3 is 2.93 bits per heavy atom. The van der Waals surface area contributed by atoms with Gasteiger partial charge in [0.05, 0.1) is 10.9 Å². The van der Waals surface area contributed by atoms with Crippen molar-refractivity contribution >= 4 is 33.6 Å². The molecule has 0 saturated heterocycles. The van der Waals surface area contributed by atoms with E-state index in [0.717, 1.165) is 18.7 Å². The zero-order chi connectivity index (χ0) is 18.5. The second-order valence-electron chi connectivity index (χ2n) is 6.69. The van der Waals surface area contributed by atoms with Crippen molar-refractivity contribution in [3.05, 3.63) is 64.0 Å². The molecule has 7 heteroatoms. The van der Waals surface area contributed by atoms with Gasteiger partial charge in [-0.2, -0.15) is 0 Å². The maximum absolute atomic E-state index is 12.7. The molecule has 3 heterocycles. The van der Waals surface area contributed by atoms with Crippen molar-refractivity contribution in [3.63, 3.8) is 0 Å². The highest BCUT2D eigenvalue weighted by Crippen LogP contribution is 2.21. The van der Waals surface area contributed by atoms with Crippen LogP contribution in [0.2, 0.25) is 0 Å². The molecule has 0 radical (unpaired) electrons. The molecule has 27 heavy (non-hydrogen) atoms. The summed E-state index contributed by atoms with van der Waals surface area (Å²) in [6.07, 6.45) is 1.72. The second-order valence-corrected chi connectivity index (χ2v) is 6.69. The first-order valence-electron chi connectivity index (χ1n) is 8.80. The number of oxazole rings is 1. The molecule has 1 aliphatic heterocycles. The molecule has 5 rings (SSSR count). The van der Waals surface area contributed by atoms with E-state index in [1.54, 1.807) is 47.9 Å². The third-order valence-corrected chi connectivity index (χ3v) is 4.83. The summed E-state index contributed by atoms with van der Waals surface area (Å²) in [5.41, 5.74) is 2.97. The third kappa shape index (κ3) is 2.59. The number of hydrogen-bond acceptors (Lipinski definition) is 5. The van der Waals surface area contributed by atoms with Crippen LogP contribution in [0.5, 0.6) is 0 Å². The number of anilines is 1. The fourth-order valence-electron chi connectivity index (χ4n) is 3.55. The van der Waals surface area contributed by atoms with Crippen molar-refractivity contribution in [2.75, 3.05) is 5.32 Å². The monoisotopic (exact) mass is 360 g/mol. The van der Waals surface area contributed by atoms with Gasteiger partial charge in [0.25, 0.3) is 11.5 Å². The van der Waals surface area contributed by atoms with Gasteiger partial charge in [0.1, 0.15) is 11.3 Å². The Morgan fingerprint density at radius 1 is 1.15 bits per heavy atom. The lowest BCUT2D eigenvalue weighted by molar-refractivity contribution is 0.102. The highest BCUT2D eigenvalue weighted by Gasteiger charge is 2.17. The van der Waals surface area contributed by atoms with E-state index in [4.69, 9.17) is 4.42 Å². The van der Waals surface area contributed by atoms with Crippen LogP contribution in [0.15, 0.2) is 45.6 Å². The standard InChI is InChI=1S/C20H16N4O3/c1-11-21-16-10-13(5-7-17(16)27-11)22-19(25)12-4-6-14-15(9-12)23-18-3-2-8-24(18)20(14)26/h4-7,9-10H,2-3,8H2,1H3,(H,22,25). The van der Waals surface area contributed by atoms with Gasteiger partial charge >= 0.3 is 0 Å². The maximum Gasteiger partial charge on any atom is 0.261 e. The molecule has 0 atom stereocenters. The number of nitrogens with one attached hydrogen (secondary N) is 1. The fourth-order valence-corrected chi connectivity index (χ4v) is 3.55. The molecule has 0 aliphatic carbocycles. The second kappa shape index (κ2) is 5.77. The average molecular weight is 360 g/mol. The van der Waals surface area contributed by atoms with Crippen LogP contribution in [0.25, 0.3) is 22.0 Å². The lowest BCUT2D eigenvalue weighted by Gasteiger charge is -2.08. The molecule has 134 valence electrons. The van der Waals surface area contributed by atoms with Crippen LogP contribution in [0.3, 0.4) is 0 Å². The number of amides is 1. The molecule has 2 aromatic heterocycles. The number of fused-ring (bicyclic) bond motifs is 3. The van der Waals surface area contributed by atoms with Crippen LogP contribution < -0.4 is 10.9 Å². The summed E-state index contributed by atoms with van der Waals surface area (Å²) in [4.78, 5) is 34.0. The Balaban J connectivity index is 1.49. The minimum absolute atomic E-state index is 0.0358. The molecule has 0 fully saturated rings. The van der Waals surface area contributed by atoms with Crippen molar-refractivity contribution in [3.8, 4) is 0 Å². The number of aryl methyl sites for hydroxylation is 2. The van der Waals surface area contributed by atoms with E-state index in [9.17, 15) is 9.59 Å². The summed E-state index contributed by atoms with van der Waals surface area (Å²) in [6, 6.07) is 10.3. The van der Waals surface area contributed by atoms with Gasteiger partial charge in [-0.15, -0.1) is 0 Å². The summed E-state index contributed by atoms with van der Waals surface area (Å²) in [6.45, 7) is 2.49. The fraction of sp³-hybridized carbons (Fsp3) is 0.200. The number of nitrogens with zero attached hydrogens (tertiary/aromatic N) is 3. The van der Waals surface area contributed by atoms with Gasteiger partial charge in [-0.05, 0) is 42.8 Å². The number of benzene rings is 2. The Bertz CT molecular complexity index is 1290. The highest BCUT2D eigenvalue weighted by atomic mass is 16.3. The van der Waals surface area contributed by atoms with Crippen molar-refractivity contribution in [2.45, 2.75) is 26.3 Å². The van der Waals surface area contributed by atoms with Crippen molar-refractivity contribution < 1.29 is 9.21 Å². The van der Waals surface area contributed by atoms with E-state index >= 15 is 0 Å². The highest BCUT2D eigenvalue weighted by molar-refractivity contribution is 6.06. The van der Waals surface area contributed by atoms with Crippen molar-refractivity contribution in [2.24, 2.45) is 0 Å². The number of aromatic nitrogens is 3. The normalized spacial score (nSPS) is 13.2. The SMILES string of the molecule is Cc1nc2cc(NC(=O)c3ccc4c(=O)n5c(nc4c3)CCC5)ccc2o1. The minimum Gasteiger partial charge on any atom is -0.441 e. The van der Waals surface area contributed by atoms with Crippen LogP contribution in [0.4, 0.5) is 5.69 Å². The average Bonchev–Trinajstić information content (AvgIpc) is 3.26. The van der Waals surface area contributed by atoms with Crippen molar-refractivity contribution in [1.82, 2.24) is 14.5 Å². The van der Waals surface area contributed by atoms with Crippen molar-refractivity contribution in [1.29, 1.82) is 0 Å². The summed E-state index contributed by atoms with van der Waals surface area (Å²) < 4.78 is 7.16. The zero-order valence-corrected chi connectivity index (χ0v) is 14.7. The number of carbonyl (C=O) groups is 1. The largest absolute Gasteiger partial charge is 0.441 e. The van der Waals surface area contributed by atoms with Gasteiger partial charge in [-0.3, -0.25) is 14.2 Å². The van der Waals surface area contributed by atoms with E-state index in [0.29, 0.717) is 45.7 Å². The van der Waals surface area contributed by atoms with Crippen LogP contribution in [-0.4, -0.2) is 20.4 Å². The Morgan fingerprint density at radius 2 is 2.04 bits per heavy atom. The molecule has 0 unspecified atom stereocenters. The van der Waals surface area contributed by atoms with E-state index < -0.39 is 0 Å². The van der Waals surface area contributed by atoms with Gasteiger partial charge in [0.2, 0.25) is 0 Å². The molecular weight excluding hydrogens is 344 g/mol. The van der Waals surface area contributed by atoms with E-state index in [-0.39, 0.29) is 11.5 Å². The summed E-state index contributed by atoms with van der Waals surface area (Å²) in [7, 11) is 0. The van der Waals surface area contributed by atoms with Gasteiger partial charge < -0.3 is 9.73 Å². The summed E-state index contributed by atoms with van der Waals surface area (Å²) in [5, 5.41) is 3.40. The molecular formula is C20H16N4O3. The molecule has 1 N–H and O–H groups in total. The smallest absolute Gasteiger partial charge is 0.261 e. The molecule has 0 bridgehead atoms. The molecule has 1 aliphatic rings. The Hall–Kier alpha value is -3.48. The van der Waals surface area contributed by atoms with E-state index in [1.807, 2.05) is 0 Å². The van der Waals surface area contributed by atoms with Crippen LogP contribution in [-0.2, 0) is 13.0 Å². The molecule has 1 amide bonds. The number of hydrogen-bond donors (Lipinski definition) is 1. The summed E-state index contributed by atoms with van der Waals surface area (Å²) in [5.74, 6) is 1.10. The maximum atomic E-state index is 12.7. The predicted molar refractivity (Wildman–Crippen MR) is 101 cm³/mol. The first-order chi connectivity index (χ1) is 13.1. The molecule has 7 nitrogen and oxygen atoms in total. The van der Waals surface area contributed by atoms with Gasteiger partial charge in [0, 0.05) is 31.1 Å². The topological polar surface area (TPSA) is 90.0 Å². The Kier molecular flexibility index (Phi) is 3.36. The quantitative estimate of drug-likeness (QED) is 0.593. The van der Waals surface area contributed by atoms with E-state index in [2.05, 4.69) is 15.3 Å². The lowest BCUT2D eigenvalue weighted by Crippen LogP contribution is -2.21. The molecule has 0 saturated carbocycles. The molecule has 2 aromatic carbocycles. The zero-order valence-electron chi connectivity index (χ0n) is 14.7. The summed E-state index contributed by atoms with van der Waals surface area (Å²) >= 11 is 0.